The molecule has 0 amide bonds. The van der Waals surface area contributed by atoms with Gasteiger partial charge >= 0.3 is 0 Å². The molecule has 1 nitrogen and oxygen atoms in total. The Morgan fingerprint density at radius 1 is 1.45 bits per heavy atom. The number of halogens is 1. The second-order valence-corrected chi connectivity index (χ2v) is 4.70. The summed E-state index contributed by atoms with van der Waals surface area (Å²) in [5.41, 5.74) is 0.134. The summed E-state index contributed by atoms with van der Waals surface area (Å²) in [4.78, 5) is 0. The first-order valence-electron chi connectivity index (χ1n) is 4.34. The molecule has 1 rings (SSSR count). The molecular weight excluding hydrogens is 141 g/mol. The summed E-state index contributed by atoms with van der Waals surface area (Å²) in [6.07, 6.45) is 0.0931. The molecule has 1 aliphatic heterocycles. The molecule has 2 heteroatoms. The van der Waals surface area contributed by atoms with E-state index >= 15 is 0 Å². The fourth-order valence-corrected chi connectivity index (χ4v) is 1.32. The minimum atomic E-state index is -0.601. The van der Waals surface area contributed by atoms with Gasteiger partial charge in [0, 0.05) is 19.0 Å². The van der Waals surface area contributed by atoms with Crippen molar-refractivity contribution in [2.45, 2.75) is 33.4 Å². The highest BCUT2D eigenvalue weighted by Gasteiger charge is 2.29. The van der Waals surface area contributed by atoms with Gasteiger partial charge in [-0.2, -0.15) is 0 Å². The van der Waals surface area contributed by atoms with E-state index in [0.29, 0.717) is 6.42 Å². The average molecular weight is 159 g/mol. The molecule has 1 fully saturated rings. The third-order valence-electron chi connectivity index (χ3n) is 2.13. The van der Waals surface area contributed by atoms with Crippen LogP contribution in [-0.4, -0.2) is 19.3 Å². The smallest absolute Gasteiger partial charge is 0.106 e. The van der Waals surface area contributed by atoms with E-state index in [1.807, 2.05) is 0 Å². The van der Waals surface area contributed by atoms with Gasteiger partial charge in [0.1, 0.15) is 6.17 Å². The van der Waals surface area contributed by atoms with Crippen molar-refractivity contribution in [2.24, 2.45) is 11.3 Å². The SMILES string of the molecule is CC(C)(C)CC(F)C1CNC1. The number of alkyl halides is 1. The maximum absolute atomic E-state index is 13.3. The van der Waals surface area contributed by atoms with Gasteiger partial charge in [-0.25, -0.2) is 4.39 Å². The second kappa shape index (κ2) is 3.10. The van der Waals surface area contributed by atoms with Crippen molar-refractivity contribution in [1.82, 2.24) is 5.32 Å². The maximum atomic E-state index is 13.3. The van der Waals surface area contributed by atoms with Crippen LogP contribution < -0.4 is 5.32 Å². The summed E-state index contributed by atoms with van der Waals surface area (Å²) < 4.78 is 13.3. The zero-order valence-corrected chi connectivity index (χ0v) is 7.65. The van der Waals surface area contributed by atoms with E-state index in [0.717, 1.165) is 13.1 Å². The highest BCUT2D eigenvalue weighted by molar-refractivity contribution is 4.84. The lowest BCUT2D eigenvalue weighted by Crippen LogP contribution is -2.47. The highest BCUT2D eigenvalue weighted by atomic mass is 19.1. The van der Waals surface area contributed by atoms with Crippen LogP contribution in [-0.2, 0) is 0 Å². The molecule has 0 radical (unpaired) electrons. The minimum absolute atomic E-state index is 0.134. The molecule has 0 spiro atoms. The van der Waals surface area contributed by atoms with Crippen LogP contribution in [0.4, 0.5) is 4.39 Å². The van der Waals surface area contributed by atoms with Crippen molar-refractivity contribution in [3.63, 3.8) is 0 Å². The standard InChI is InChI=1S/C9H18FN/c1-9(2,3)4-8(10)7-5-11-6-7/h7-8,11H,4-6H2,1-3H3. The van der Waals surface area contributed by atoms with Crippen molar-refractivity contribution in [3.05, 3.63) is 0 Å². The normalized spacial score (nSPS) is 22.9. The Bertz CT molecular complexity index is 124. The molecule has 0 aromatic carbocycles. The van der Waals surface area contributed by atoms with E-state index in [9.17, 15) is 4.39 Å². The summed E-state index contributed by atoms with van der Waals surface area (Å²) in [6, 6.07) is 0. The molecule has 1 unspecified atom stereocenters. The molecule has 0 aromatic rings. The van der Waals surface area contributed by atoms with E-state index in [-0.39, 0.29) is 11.3 Å². The van der Waals surface area contributed by atoms with Crippen LogP contribution in [0.3, 0.4) is 0 Å². The Kier molecular flexibility index (Phi) is 2.53. The third-order valence-corrected chi connectivity index (χ3v) is 2.13. The predicted octanol–water partition coefficient (Wildman–Crippen LogP) is 1.98. The quantitative estimate of drug-likeness (QED) is 0.649. The van der Waals surface area contributed by atoms with E-state index in [4.69, 9.17) is 0 Å². The van der Waals surface area contributed by atoms with Gasteiger partial charge in [-0.1, -0.05) is 20.8 Å². The van der Waals surface area contributed by atoms with Gasteiger partial charge in [-0.3, -0.25) is 0 Å². The molecule has 11 heavy (non-hydrogen) atoms. The molecule has 1 saturated heterocycles. The van der Waals surface area contributed by atoms with Crippen LogP contribution in [0.15, 0.2) is 0 Å². The number of nitrogens with one attached hydrogen (secondary N) is 1. The van der Waals surface area contributed by atoms with E-state index in [1.54, 1.807) is 0 Å². The third kappa shape index (κ3) is 2.78. The Hall–Kier alpha value is -0.110. The molecule has 1 N–H and O–H groups in total. The molecule has 0 saturated carbocycles. The molecular formula is C9H18FN. The van der Waals surface area contributed by atoms with Crippen molar-refractivity contribution in [1.29, 1.82) is 0 Å². The molecule has 66 valence electrons. The van der Waals surface area contributed by atoms with Gasteiger partial charge in [0.25, 0.3) is 0 Å². The molecule has 0 bridgehead atoms. The molecule has 1 heterocycles. The van der Waals surface area contributed by atoms with E-state index in [1.165, 1.54) is 0 Å². The topological polar surface area (TPSA) is 12.0 Å². The fourth-order valence-electron chi connectivity index (χ4n) is 1.32. The van der Waals surface area contributed by atoms with Crippen LogP contribution in [0.5, 0.6) is 0 Å². The number of hydrogen-bond donors (Lipinski definition) is 1. The number of rotatable bonds is 2. The van der Waals surface area contributed by atoms with Crippen LogP contribution in [0.1, 0.15) is 27.2 Å². The van der Waals surface area contributed by atoms with Crippen LogP contribution in [0.25, 0.3) is 0 Å². The summed E-state index contributed by atoms with van der Waals surface area (Å²) in [5.74, 6) is 0.286. The Morgan fingerprint density at radius 2 is 2.00 bits per heavy atom. The lowest BCUT2D eigenvalue weighted by Gasteiger charge is -2.33. The maximum Gasteiger partial charge on any atom is 0.106 e. The van der Waals surface area contributed by atoms with E-state index in [2.05, 4.69) is 26.1 Å². The van der Waals surface area contributed by atoms with Gasteiger partial charge in [-0.05, 0) is 11.8 Å². The molecule has 1 atom stereocenters. The van der Waals surface area contributed by atoms with Crippen molar-refractivity contribution < 1.29 is 4.39 Å². The van der Waals surface area contributed by atoms with Gasteiger partial charge < -0.3 is 5.32 Å². The van der Waals surface area contributed by atoms with Crippen molar-refractivity contribution >= 4 is 0 Å². The Balaban J connectivity index is 2.24. The number of hydrogen-bond acceptors (Lipinski definition) is 1. The largest absolute Gasteiger partial charge is 0.316 e. The monoisotopic (exact) mass is 159 g/mol. The average Bonchev–Trinajstić information content (AvgIpc) is 1.50. The predicted molar refractivity (Wildman–Crippen MR) is 45.3 cm³/mol. The first-order valence-corrected chi connectivity index (χ1v) is 4.34. The fraction of sp³-hybridized carbons (Fsp3) is 1.00. The van der Waals surface area contributed by atoms with Crippen molar-refractivity contribution in [2.75, 3.05) is 13.1 Å². The van der Waals surface area contributed by atoms with Gasteiger partial charge in [0.2, 0.25) is 0 Å². The Morgan fingerprint density at radius 3 is 2.27 bits per heavy atom. The summed E-state index contributed by atoms with van der Waals surface area (Å²) in [7, 11) is 0. The lowest BCUT2D eigenvalue weighted by molar-refractivity contribution is 0.121. The van der Waals surface area contributed by atoms with Crippen molar-refractivity contribution in [3.8, 4) is 0 Å². The van der Waals surface area contributed by atoms with Crippen LogP contribution >= 0.6 is 0 Å². The lowest BCUT2D eigenvalue weighted by atomic mass is 9.83. The van der Waals surface area contributed by atoms with Crippen LogP contribution in [0.2, 0.25) is 0 Å². The molecule has 0 aliphatic carbocycles. The van der Waals surface area contributed by atoms with Gasteiger partial charge in [-0.15, -0.1) is 0 Å². The second-order valence-electron chi connectivity index (χ2n) is 4.70. The summed E-state index contributed by atoms with van der Waals surface area (Å²) in [6.45, 7) is 8.01. The van der Waals surface area contributed by atoms with Crippen LogP contribution in [0, 0.1) is 11.3 Å². The minimum Gasteiger partial charge on any atom is -0.316 e. The highest BCUT2D eigenvalue weighted by Crippen LogP contribution is 2.27. The summed E-state index contributed by atoms with van der Waals surface area (Å²) >= 11 is 0. The van der Waals surface area contributed by atoms with Gasteiger partial charge in [0.15, 0.2) is 0 Å². The molecule has 0 aromatic heterocycles. The van der Waals surface area contributed by atoms with Gasteiger partial charge in [0.05, 0.1) is 0 Å². The summed E-state index contributed by atoms with van der Waals surface area (Å²) in [5, 5.41) is 3.09. The Labute approximate surface area is 68.4 Å². The van der Waals surface area contributed by atoms with E-state index < -0.39 is 6.17 Å². The first kappa shape index (κ1) is 8.98. The zero-order valence-electron chi connectivity index (χ0n) is 7.65. The molecule has 1 aliphatic rings. The zero-order chi connectivity index (χ0) is 8.48. The first-order chi connectivity index (χ1) is 4.99.